The minimum Gasteiger partial charge on any atom is -0.480 e. The van der Waals surface area contributed by atoms with Gasteiger partial charge in [-0.2, -0.15) is 0 Å². The van der Waals surface area contributed by atoms with Gasteiger partial charge in [0.15, 0.2) is 0 Å². The minimum absolute atomic E-state index is 0.191. The van der Waals surface area contributed by atoms with E-state index in [9.17, 15) is 4.79 Å². The number of carboxylic acid groups (broad SMARTS) is 1. The summed E-state index contributed by atoms with van der Waals surface area (Å²) in [5.74, 6) is 2.00. The fourth-order valence-corrected chi connectivity index (χ4v) is 2.24. The maximum absolute atomic E-state index is 10.8. The number of carboxylic acids is 1. The van der Waals surface area contributed by atoms with E-state index in [2.05, 4.69) is 31.1 Å². The maximum Gasteiger partial charge on any atom is 0.320 e. The molecule has 6 heteroatoms. The number of hydrogen-bond donors (Lipinski definition) is 3. The Bertz CT molecular complexity index is 585. The number of halogens is 1. The van der Waals surface area contributed by atoms with Gasteiger partial charge in [0.2, 0.25) is 0 Å². The van der Waals surface area contributed by atoms with Crippen molar-refractivity contribution in [1.29, 1.82) is 0 Å². The number of nitrogens with two attached hydrogens (primary N) is 2. The molecule has 20 heavy (non-hydrogen) atoms. The molecule has 1 rings (SSSR count). The van der Waals surface area contributed by atoms with Crippen LogP contribution in [0.25, 0.3) is 0 Å². The van der Waals surface area contributed by atoms with Crippen LogP contribution in [0, 0.1) is 11.5 Å². The first kappa shape index (κ1) is 16.6. The molecule has 0 unspecified atom stereocenters. The second kappa shape index (κ2) is 6.31. The van der Waals surface area contributed by atoms with Crippen molar-refractivity contribution >= 4 is 31.3 Å². The predicted molar refractivity (Wildman–Crippen MR) is 85.4 cm³/mol. The molecule has 0 aliphatic carbocycles. The van der Waals surface area contributed by atoms with Crippen LogP contribution in [0.2, 0.25) is 24.7 Å². The smallest absolute Gasteiger partial charge is 0.320 e. The third-order valence-electron chi connectivity index (χ3n) is 2.53. The molecule has 1 aromatic carbocycles. The number of nitrogen functional groups attached to an aromatic ring is 1. The zero-order valence-corrected chi connectivity index (χ0v) is 13.6. The molecule has 0 aliphatic heterocycles. The summed E-state index contributed by atoms with van der Waals surface area (Å²) in [5.41, 5.74) is 16.4. The molecule has 0 saturated heterocycles. The highest BCUT2D eigenvalue weighted by atomic mass is 35.5. The Morgan fingerprint density at radius 3 is 2.55 bits per heavy atom. The lowest BCUT2D eigenvalue weighted by atomic mass is 10.0. The van der Waals surface area contributed by atoms with E-state index < -0.39 is 20.1 Å². The summed E-state index contributed by atoms with van der Waals surface area (Å²) in [6.07, 6.45) is 0.191. The molecule has 0 saturated carbocycles. The van der Waals surface area contributed by atoms with Crippen LogP contribution in [0.5, 0.6) is 0 Å². The summed E-state index contributed by atoms with van der Waals surface area (Å²) in [7, 11) is -1.53. The highest BCUT2D eigenvalue weighted by Gasteiger charge is 2.14. The Balaban J connectivity index is 3.15. The van der Waals surface area contributed by atoms with Crippen LogP contribution in [-0.4, -0.2) is 25.2 Å². The summed E-state index contributed by atoms with van der Waals surface area (Å²) in [6, 6.07) is 2.43. The highest BCUT2D eigenvalue weighted by Crippen LogP contribution is 2.25. The lowest BCUT2D eigenvalue weighted by Gasteiger charge is -2.10. The van der Waals surface area contributed by atoms with E-state index in [1.807, 2.05) is 0 Å². The Hall–Kier alpha value is -1.48. The summed E-state index contributed by atoms with van der Waals surface area (Å²) < 4.78 is 0. The molecule has 0 spiro atoms. The van der Waals surface area contributed by atoms with Crippen molar-refractivity contribution < 1.29 is 9.90 Å². The Labute approximate surface area is 125 Å². The standard InChI is InChI=1S/C14H19ClN2O2Si/c1-20(2,3)5-4-10-6-9(7-11(15)13(10)17)8-12(16)14(18)19/h6-7,12H,8,16-17H2,1-3H3,(H,18,19)/t12-/m1/s1. The molecule has 0 bridgehead atoms. The van der Waals surface area contributed by atoms with Gasteiger partial charge in [-0.05, 0) is 24.1 Å². The highest BCUT2D eigenvalue weighted by molar-refractivity contribution is 6.83. The van der Waals surface area contributed by atoms with Crippen molar-refractivity contribution in [2.45, 2.75) is 32.1 Å². The van der Waals surface area contributed by atoms with Crippen LogP contribution in [0.3, 0.4) is 0 Å². The van der Waals surface area contributed by atoms with Crippen LogP contribution < -0.4 is 11.5 Å². The van der Waals surface area contributed by atoms with Gasteiger partial charge in [-0.1, -0.05) is 37.2 Å². The largest absolute Gasteiger partial charge is 0.480 e. The minimum atomic E-state index is -1.53. The molecule has 0 heterocycles. The normalized spacial score (nSPS) is 12.4. The van der Waals surface area contributed by atoms with E-state index in [1.165, 1.54) is 0 Å². The second-order valence-corrected chi connectivity index (χ2v) is 10.8. The quantitative estimate of drug-likeness (QED) is 0.453. The van der Waals surface area contributed by atoms with Crippen molar-refractivity contribution in [3.63, 3.8) is 0 Å². The second-order valence-electron chi connectivity index (χ2n) is 5.69. The lowest BCUT2D eigenvalue weighted by Crippen LogP contribution is -2.32. The number of anilines is 1. The zero-order chi connectivity index (χ0) is 15.5. The van der Waals surface area contributed by atoms with E-state index in [0.29, 0.717) is 16.3 Å². The van der Waals surface area contributed by atoms with Crippen LogP contribution in [0.1, 0.15) is 11.1 Å². The number of rotatable bonds is 3. The fourth-order valence-electron chi connectivity index (χ4n) is 1.49. The van der Waals surface area contributed by atoms with Crippen molar-refractivity contribution in [3.8, 4) is 11.5 Å². The average molecular weight is 311 g/mol. The van der Waals surface area contributed by atoms with Gasteiger partial charge in [-0.3, -0.25) is 4.79 Å². The summed E-state index contributed by atoms with van der Waals surface area (Å²) >= 11 is 6.06. The van der Waals surface area contributed by atoms with Gasteiger partial charge in [0.1, 0.15) is 14.1 Å². The molecule has 5 N–H and O–H groups in total. The van der Waals surface area contributed by atoms with Gasteiger partial charge in [0.05, 0.1) is 10.7 Å². The van der Waals surface area contributed by atoms with Gasteiger partial charge < -0.3 is 16.6 Å². The van der Waals surface area contributed by atoms with Gasteiger partial charge in [-0.25, -0.2) is 0 Å². The number of carbonyl (C=O) groups is 1. The summed E-state index contributed by atoms with van der Waals surface area (Å²) in [4.78, 5) is 10.8. The van der Waals surface area contributed by atoms with Crippen LogP contribution in [0.4, 0.5) is 5.69 Å². The first-order valence-electron chi connectivity index (χ1n) is 6.19. The van der Waals surface area contributed by atoms with Gasteiger partial charge >= 0.3 is 5.97 Å². The Morgan fingerprint density at radius 2 is 2.05 bits per heavy atom. The third kappa shape index (κ3) is 4.89. The zero-order valence-electron chi connectivity index (χ0n) is 11.8. The average Bonchev–Trinajstić information content (AvgIpc) is 2.30. The summed E-state index contributed by atoms with van der Waals surface area (Å²) in [5, 5.41) is 9.22. The Kier molecular flexibility index (Phi) is 5.23. The SMILES string of the molecule is C[Si](C)(C)C#Cc1cc(C[C@@H](N)C(=O)O)cc(Cl)c1N. The topological polar surface area (TPSA) is 89.3 Å². The van der Waals surface area contributed by atoms with Crippen molar-refractivity contribution in [3.05, 3.63) is 28.3 Å². The van der Waals surface area contributed by atoms with Gasteiger partial charge in [0.25, 0.3) is 0 Å². The van der Waals surface area contributed by atoms with Crippen LogP contribution in [0.15, 0.2) is 12.1 Å². The van der Waals surface area contributed by atoms with Crippen LogP contribution >= 0.6 is 11.6 Å². The van der Waals surface area contributed by atoms with E-state index in [0.717, 1.165) is 5.56 Å². The molecule has 4 nitrogen and oxygen atoms in total. The van der Waals surface area contributed by atoms with E-state index >= 15 is 0 Å². The molecule has 0 amide bonds. The molecular formula is C14H19ClN2O2Si. The first-order chi connectivity index (χ1) is 9.10. The number of aliphatic carboxylic acids is 1. The first-order valence-corrected chi connectivity index (χ1v) is 10.1. The maximum atomic E-state index is 10.8. The summed E-state index contributed by atoms with van der Waals surface area (Å²) in [6.45, 7) is 6.38. The van der Waals surface area contributed by atoms with Gasteiger partial charge in [-0.15, -0.1) is 5.54 Å². The van der Waals surface area contributed by atoms with E-state index in [1.54, 1.807) is 12.1 Å². The Morgan fingerprint density at radius 1 is 1.45 bits per heavy atom. The third-order valence-corrected chi connectivity index (χ3v) is 3.72. The molecule has 1 aromatic rings. The lowest BCUT2D eigenvalue weighted by molar-refractivity contribution is -0.138. The van der Waals surface area contributed by atoms with Gasteiger partial charge in [0, 0.05) is 5.56 Å². The molecule has 0 fully saturated rings. The molecule has 0 aromatic heterocycles. The van der Waals surface area contributed by atoms with E-state index in [4.69, 9.17) is 28.2 Å². The molecule has 0 radical (unpaired) electrons. The molecular weight excluding hydrogens is 292 g/mol. The molecule has 1 atom stereocenters. The number of benzene rings is 1. The van der Waals surface area contributed by atoms with Crippen molar-refractivity contribution in [1.82, 2.24) is 0 Å². The fraction of sp³-hybridized carbons (Fsp3) is 0.357. The van der Waals surface area contributed by atoms with Crippen molar-refractivity contribution in [2.24, 2.45) is 5.73 Å². The van der Waals surface area contributed by atoms with E-state index in [-0.39, 0.29) is 6.42 Å². The molecule has 108 valence electrons. The van der Waals surface area contributed by atoms with Crippen molar-refractivity contribution in [2.75, 3.05) is 5.73 Å². The molecule has 0 aliphatic rings. The predicted octanol–water partition coefficient (Wildman–Crippen LogP) is 2.11. The van der Waals surface area contributed by atoms with Crippen LogP contribution in [-0.2, 0) is 11.2 Å². The monoisotopic (exact) mass is 310 g/mol. The number of hydrogen-bond acceptors (Lipinski definition) is 3.